The summed E-state index contributed by atoms with van der Waals surface area (Å²) < 4.78 is 0. The fourth-order valence-electron chi connectivity index (χ4n) is 3.96. The summed E-state index contributed by atoms with van der Waals surface area (Å²) in [6.07, 6.45) is 6.53. The summed E-state index contributed by atoms with van der Waals surface area (Å²) in [5, 5.41) is 3.65. The smallest absolute Gasteiger partial charge is 0.0371 e. The van der Waals surface area contributed by atoms with E-state index in [0.29, 0.717) is 0 Å². The maximum atomic E-state index is 3.65. The molecule has 2 heterocycles. The van der Waals surface area contributed by atoms with Crippen LogP contribution in [-0.4, -0.2) is 24.7 Å². The maximum absolute atomic E-state index is 3.65. The lowest BCUT2D eigenvalue weighted by Crippen LogP contribution is -2.49. The van der Waals surface area contributed by atoms with Crippen molar-refractivity contribution in [3.8, 4) is 0 Å². The Morgan fingerprint density at radius 3 is 2.21 bits per heavy atom. The largest absolute Gasteiger partial charge is 0.365 e. The Bertz CT molecular complexity index is 398. The lowest BCUT2D eigenvalue weighted by atomic mass is 9.96. The van der Waals surface area contributed by atoms with Gasteiger partial charge in [0.1, 0.15) is 0 Å². The third kappa shape index (κ3) is 2.51. The average Bonchev–Trinajstić information content (AvgIpc) is 2.71. The standard InChI is InChI=1S/C17H26N2/c1-3-13-5-7-15(8-6-13)19-16-9-10-17(19)12-14(11-16)18-4-2/h5-8,14,16-18H,3-4,9-12H2,1-2H3. The van der Waals surface area contributed by atoms with Crippen LogP contribution in [0, 0.1) is 0 Å². The molecule has 0 amide bonds. The van der Waals surface area contributed by atoms with Gasteiger partial charge < -0.3 is 10.2 Å². The molecule has 2 fully saturated rings. The minimum Gasteiger partial charge on any atom is -0.365 e. The molecule has 2 unspecified atom stereocenters. The van der Waals surface area contributed by atoms with E-state index in [4.69, 9.17) is 0 Å². The quantitative estimate of drug-likeness (QED) is 0.891. The third-order valence-electron chi connectivity index (χ3n) is 4.87. The number of rotatable bonds is 4. The average molecular weight is 258 g/mol. The van der Waals surface area contributed by atoms with E-state index in [2.05, 4.69) is 48.3 Å². The first-order valence-corrected chi connectivity index (χ1v) is 7.92. The van der Waals surface area contributed by atoms with E-state index in [1.54, 1.807) is 0 Å². The molecule has 0 aliphatic carbocycles. The first-order chi connectivity index (χ1) is 9.31. The zero-order valence-electron chi connectivity index (χ0n) is 12.2. The third-order valence-corrected chi connectivity index (χ3v) is 4.87. The Labute approximate surface area is 117 Å². The molecule has 0 radical (unpaired) electrons. The summed E-state index contributed by atoms with van der Waals surface area (Å²) in [6, 6.07) is 11.5. The van der Waals surface area contributed by atoms with Gasteiger partial charge in [0.05, 0.1) is 0 Å². The van der Waals surface area contributed by atoms with Crippen molar-refractivity contribution in [2.24, 2.45) is 0 Å². The van der Waals surface area contributed by atoms with E-state index >= 15 is 0 Å². The number of fused-ring (bicyclic) bond motifs is 2. The molecule has 1 N–H and O–H groups in total. The Morgan fingerprint density at radius 1 is 1.05 bits per heavy atom. The zero-order valence-corrected chi connectivity index (χ0v) is 12.2. The molecule has 2 aliphatic rings. The van der Waals surface area contributed by atoms with Crippen molar-refractivity contribution in [1.82, 2.24) is 5.32 Å². The summed E-state index contributed by atoms with van der Waals surface area (Å²) in [5.74, 6) is 0. The minimum atomic E-state index is 0.744. The molecule has 2 atom stereocenters. The Kier molecular flexibility index (Phi) is 3.79. The second kappa shape index (κ2) is 5.54. The molecule has 104 valence electrons. The fraction of sp³-hybridized carbons (Fsp3) is 0.647. The van der Waals surface area contributed by atoms with Crippen molar-refractivity contribution in [2.75, 3.05) is 11.4 Å². The molecule has 2 aliphatic heterocycles. The highest BCUT2D eigenvalue weighted by molar-refractivity contribution is 5.51. The Morgan fingerprint density at radius 2 is 1.68 bits per heavy atom. The highest BCUT2D eigenvalue weighted by atomic mass is 15.2. The summed E-state index contributed by atoms with van der Waals surface area (Å²) in [7, 11) is 0. The van der Waals surface area contributed by atoms with Gasteiger partial charge in [-0.2, -0.15) is 0 Å². The summed E-state index contributed by atoms with van der Waals surface area (Å²) >= 11 is 0. The molecule has 1 aromatic rings. The van der Waals surface area contributed by atoms with E-state index in [1.165, 1.54) is 36.9 Å². The van der Waals surface area contributed by atoms with Crippen LogP contribution in [-0.2, 0) is 6.42 Å². The first kappa shape index (κ1) is 13.0. The number of nitrogens with zero attached hydrogens (tertiary/aromatic N) is 1. The Balaban J connectivity index is 1.75. The van der Waals surface area contributed by atoms with Crippen LogP contribution in [0.4, 0.5) is 5.69 Å². The van der Waals surface area contributed by atoms with Gasteiger partial charge in [-0.3, -0.25) is 0 Å². The summed E-state index contributed by atoms with van der Waals surface area (Å²) in [5.41, 5.74) is 2.89. The van der Waals surface area contributed by atoms with Crippen LogP contribution in [0.3, 0.4) is 0 Å². The summed E-state index contributed by atoms with van der Waals surface area (Å²) in [4.78, 5) is 2.70. The van der Waals surface area contributed by atoms with Crippen molar-refractivity contribution >= 4 is 5.69 Å². The maximum Gasteiger partial charge on any atom is 0.0371 e. The van der Waals surface area contributed by atoms with Crippen molar-refractivity contribution in [2.45, 2.75) is 64.1 Å². The second-order valence-corrected chi connectivity index (χ2v) is 6.04. The van der Waals surface area contributed by atoms with Gasteiger partial charge in [0.25, 0.3) is 0 Å². The molecule has 2 heteroatoms. The number of hydrogen-bond donors (Lipinski definition) is 1. The van der Waals surface area contributed by atoms with Crippen molar-refractivity contribution in [3.63, 3.8) is 0 Å². The van der Waals surface area contributed by atoms with E-state index in [0.717, 1.165) is 31.1 Å². The molecule has 19 heavy (non-hydrogen) atoms. The summed E-state index contributed by atoms with van der Waals surface area (Å²) in [6.45, 7) is 5.55. The van der Waals surface area contributed by atoms with Crippen LogP contribution < -0.4 is 10.2 Å². The first-order valence-electron chi connectivity index (χ1n) is 7.92. The highest BCUT2D eigenvalue weighted by Crippen LogP contribution is 2.39. The van der Waals surface area contributed by atoms with Crippen molar-refractivity contribution in [3.05, 3.63) is 29.8 Å². The number of hydrogen-bond acceptors (Lipinski definition) is 2. The highest BCUT2D eigenvalue weighted by Gasteiger charge is 2.40. The van der Waals surface area contributed by atoms with E-state index in [1.807, 2.05) is 0 Å². The lowest BCUT2D eigenvalue weighted by molar-refractivity contribution is 0.361. The second-order valence-electron chi connectivity index (χ2n) is 6.04. The number of aryl methyl sites for hydroxylation is 1. The molecular formula is C17H26N2. The van der Waals surface area contributed by atoms with Gasteiger partial charge in [-0.05, 0) is 56.3 Å². The molecule has 2 nitrogen and oxygen atoms in total. The SMILES string of the molecule is CCNC1CC2CCC(C1)N2c1ccc(CC)cc1. The molecular weight excluding hydrogens is 232 g/mol. The minimum absolute atomic E-state index is 0.744. The van der Waals surface area contributed by atoms with Crippen LogP contribution in [0.15, 0.2) is 24.3 Å². The predicted molar refractivity (Wildman–Crippen MR) is 81.8 cm³/mol. The van der Waals surface area contributed by atoms with Crippen LogP contribution in [0.2, 0.25) is 0 Å². The van der Waals surface area contributed by atoms with Crippen LogP contribution in [0.5, 0.6) is 0 Å². The molecule has 3 rings (SSSR count). The number of nitrogens with one attached hydrogen (secondary N) is 1. The van der Waals surface area contributed by atoms with Crippen molar-refractivity contribution in [1.29, 1.82) is 0 Å². The van der Waals surface area contributed by atoms with Gasteiger partial charge >= 0.3 is 0 Å². The monoisotopic (exact) mass is 258 g/mol. The predicted octanol–water partition coefficient (Wildman–Crippen LogP) is 3.36. The molecule has 0 saturated carbocycles. The number of piperidine rings is 1. The van der Waals surface area contributed by atoms with Gasteiger partial charge in [-0.15, -0.1) is 0 Å². The lowest BCUT2D eigenvalue weighted by Gasteiger charge is -2.41. The zero-order chi connectivity index (χ0) is 13.2. The Hall–Kier alpha value is -1.02. The van der Waals surface area contributed by atoms with Crippen molar-refractivity contribution < 1.29 is 0 Å². The normalized spacial score (nSPS) is 29.8. The molecule has 2 saturated heterocycles. The molecule has 0 spiro atoms. The van der Waals surface area contributed by atoms with Gasteiger partial charge in [-0.1, -0.05) is 26.0 Å². The number of benzene rings is 1. The van der Waals surface area contributed by atoms with Gasteiger partial charge in [-0.25, -0.2) is 0 Å². The van der Waals surface area contributed by atoms with Gasteiger partial charge in [0.15, 0.2) is 0 Å². The molecule has 1 aromatic carbocycles. The van der Waals surface area contributed by atoms with Gasteiger partial charge in [0.2, 0.25) is 0 Å². The van der Waals surface area contributed by atoms with E-state index in [9.17, 15) is 0 Å². The number of anilines is 1. The van der Waals surface area contributed by atoms with Crippen LogP contribution in [0.25, 0.3) is 0 Å². The molecule has 0 aromatic heterocycles. The van der Waals surface area contributed by atoms with E-state index in [-0.39, 0.29) is 0 Å². The van der Waals surface area contributed by atoms with Crippen LogP contribution in [0.1, 0.15) is 45.1 Å². The van der Waals surface area contributed by atoms with Crippen LogP contribution >= 0.6 is 0 Å². The topological polar surface area (TPSA) is 15.3 Å². The fourth-order valence-corrected chi connectivity index (χ4v) is 3.96. The van der Waals surface area contributed by atoms with E-state index < -0.39 is 0 Å². The molecule has 2 bridgehead atoms. The van der Waals surface area contributed by atoms with Gasteiger partial charge in [0, 0.05) is 23.8 Å².